The quantitative estimate of drug-likeness (QED) is 0.809. The van der Waals surface area contributed by atoms with E-state index in [-0.39, 0.29) is 24.1 Å². The van der Waals surface area contributed by atoms with E-state index in [0.717, 1.165) is 19.0 Å². The highest BCUT2D eigenvalue weighted by atomic mass is 19.1. The Morgan fingerprint density at radius 1 is 1.62 bits per heavy atom. The van der Waals surface area contributed by atoms with Gasteiger partial charge < -0.3 is 10.0 Å². The monoisotopic (exact) mass is 224 g/mol. The van der Waals surface area contributed by atoms with E-state index >= 15 is 0 Å². The van der Waals surface area contributed by atoms with Gasteiger partial charge in [-0.3, -0.25) is 9.78 Å². The van der Waals surface area contributed by atoms with Gasteiger partial charge in [0.05, 0.1) is 24.4 Å². The summed E-state index contributed by atoms with van der Waals surface area (Å²) < 4.78 is 12.9. The summed E-state index contributed by atoms with van der Waals surface area (Å²) in [6, 6.07) is 1.03. The van der Waals surface area contributed by atoms with Crippen LogP contribution in [0.5, 0.6) is 0 Å². The van der Waals surface area contributed by atoms with E-state index in [9.17, 15) is 9.18 Å². The zero-order valence-electron chi connectivity index (χ0n) is 8.77. The van der Waals surface area contributed by atoms with Crippen molar-refractivity contribution < 1.29 is 14.3 Å². The zero-order valence-corrected chi connectivity index (χ0v) is 8.77. The van der Waals surface area contributed by atoms with E-state index in [1.54, 1.807) is 4.90 Å². The van der Waals surface area contributed by atoms with Crippen LogP contribution in [0.25, 0.3) is 0 Å². The fourth-order valence-electron chi connectivity index (χ4n) is 1.99. The average Bonchev–Trinajstić information content (AvgIpc) is 2.76. The van der Waals surface area contributed by atoms with Crippen molar-refractivity contribution >= 4 is 5.91 Å². The molecule has 0 saturated carbocycles. The molecule has 1 amide bonds. The number of pyridine rings is 1. The molecule has 0 spiro atoms. The lowest BCUT2D eigenvalue weighted by Gasteiger charge is -2.22. The van der Waals surface area contributed by atoms with E-state index in [1.807, 2.05) is 0 Å². The summed E-state index contributed by atoms with van der Waals surface area (Å²) >= 11 is 0. The number of aromatic nitrogens is 1. The Morgan fingerprint density at radius 3 is 3.12 bits per heavy atom. The molecule has 16 heavy (non-hydrogen) atoms. The molecule has 1 atom stereocenters. The Bertz CT molecular complexity index is 397. The number of hydrogen-bond acceptors (Lipinski definition) is 3. The Morgan fingerprint density at radius 2 is 2.44 bits per heavy atom. The van der Waals surface area contributed by atoms with Crippen molar-refractivity contribution in [2.45, 2.75) is 18.9 Å². The Labute approximate surface area is 92.7 Å². The Kier molecular flexibility index (Phi) is 3.14. The van der Waals surface area contributed by atoms with Crippen LogP contribution in [0, 0.1) is 5.82 Å². The third-order valence-corrected chi connectivity index (χ3v) is 2.80. The minimum atomic E-state index is -0.523. The number of amides is 1. The smallest absolute Gasteiger partial charge is 0.255 e. The molecular formula is C11H13FN2O2. The minimum Gasteiger partial charge on any atom is -0.394 e. The maximum Gasteiger partial charge on any atom is 0.255 e. The largest absolute Gasteiger partial charge is 0.394 e. The summed E-state index contributed by atoms with van der Waals surface area (Å²) in [5.74, 6) is -0.783. The molecule has 86 valence electrons. The topological polar surface area (TPSA) is 53.4 Å². The van der Waals surface area contributed by atoms with Gasteiger partial charge in [0, 0.05) is 12.7 Å². The van der Waals surface area contributed by atoms with Crippen LogP contribution in [0.1, 0.15) is 23.2 Å². The number of aliphatic hydroxyl groups is 1. The van der Waals surface area contributed by atoms with Crippen molar-refractivity contribution in [1.29, 1.82) is 0 Å². The highest BCUT2D eigenvalue weighted by Crippen LogP contribution is 2.19. The Hall–Kier alpha value is -1.49. The first kappa shape index (κ1) is 11.0. The second-order valence-electron chi connectivity index (χ2n) is 3.87. The lowest BCUT2D eigenvalue weighted by Crippen LogP contribution is -2.37. The molecule has 4 nitrogen and oxygen atoms in total. The summed E-state index contributed by atoms with van der Waals surface area (Å²) in [6.45, 7) is 0.565. The lowest BCUT2D eigenvalue weighted by molar-refractivity contribution is 0.0676. The normalized spacial score (nSPS) is 20.1. The minimum absolute atomic E-state index is 0.0471. The fourth-order valence-corrected chi connectivity index (χ4v) is 1.99. The highest BCUT2D eigenvalue weighted by molar-refractivity contribution is 5.94. The summed E-state index contributed by atoms with van der Waals surface area (Å²) in [5, 5.41) is 9.10. The van der Waals surface area contributed by atoms with E-state index in [2.05, 4.69) is 4.98 Å². The van der Waals surface area contributed by atoms with Gasteiger partial charge in [-0.15, -0.1) is 0 Å². The van der Waals surface area contributed by atoms with Gasteiger partial charge in [0.25, 0.3) is 5.91 Å². The molecule has 1 aliphatic heterocycles. The van der Waals surface area contributed by atoms with Crippen molar-refractivity contribution in [1.82, 2.24) is 9.88 Å². The number of carbonyl (C=O) groups is 1. The van der Waals surface area contributed by atoms with Crippen molar-refractivity contribution in [3.63, 3.8) is 0 Å². The van der Waals surface area contributed by atoms with Crippen LogP contribution in [0.2, 0.25) is 0 Å². The van der Waals surface area contributed by atoms with Crippen LogP contribution < -0.4 is 0 Å². The van der Waals surface area contributed by atoms with E-state index in [0.29, 0.717) is 6.54 Å². The molecule has 5 heteroatoms. The number of halogens is 1. The number of rotatable bonds is 2. The van der Waals surface area contributed by atoms with Crippen molar-refractivity contribution in [3.05, 3.63) is 29.8 Å². The fraction of sp³-hybridized carbons (Fsp3) is 0.455. The van der Waals surface area contributed by atoms with Crippen molar-refractivity contribution in [3.8, 4) is 0 Å². The van der Waals surface area contributed by atoms with E-state index < -0.39 is 5.82 Å². The molecule has 0 aliphatic carbocycles. The molecule has 2 heterocycles. The van der Waals surface area contributed by atoms with Gasteiger partial charge in [0.1, 0.15) is 5.82 Å². The predicted octanol–water partition coefficient (Wildman–Crippen LogP) is 0.818. The van der Waals surface area contributed by atoms with E-state index in [4.69, 9.17) is 5.11 Å². The number of aliphatic hydroxyl groups excluding tert-OH is 1. The van der Waals surface area contributed by atoms with Crippen LogP contribution in [0.15, 0.2) is 18.5 Å². The third kappa shape index (κ3) is 2.04. The number of likely N-dealkylation sites (tertiary alicyclic amines) is 1. The van der Waals surface area contributed by atoms with Gasteiger partial charge in [-0.25, -0.2) is 4.39 Å². The molecular weight excluding hydrogens is 211 g/mol. The molecule has 0 bridgehead atoms. The van der Waals surface area contributed by atoms with Crippen molar-refractivity contribution in [2.75, 3.05) is 13.2 Å². The summed E-state index contributed by atoms with van der Waals surface area (Å²) in [5.41, 5.74) is 0.236. The first-order valence-electron chi connectivity index (χ1n) is 5.24. The first-order chi connectivity index (χ1) is 7.72. The van der Waals surface area contributed by atoms with Crippen LogP contribution in [-0.4, -0.2) is 40.1 Å². The SMILES string of the molecule is O=C(c1cncc(F)c1)N1CCC[C@H]1CO. The molecule has 0 aromatic carbocycles. The maximum absolute atomic E-state index is 12.9. The standard InChI is InChI=1S/C11H13FN2O2/c12-9-4-8(5-13-6-9)11(16)14-3-1-2-10(14)7-15/h4-6,10,15H,1-3,7H2/t10-/m0/s1. The second-order valence-corrected chi connectivity index (χ2v) is 3.87. The molecule has 0 radical (unpaired) electrons. The maximum atomic E-state index is 12.9. The zero-order chi connectivity index (χ0) is 11.5. The lowest BCUT2D eigenvalue weighted by atomic mass is 10.2. The van der Waals surface area contributed by atoms with Crippen LogP contribution in [0.3, 0.4) is 0 Å². The van der Waals surface area contributed by atoms with Crippen LogP contribution >= 0.6 is 0 Å². The van der Waals surface area contributed by atoms with Gasteiger partial charge in [-0.1, -0.05) is 0 Å². The van der Waals surface area contributed by atoms with Gasteiger partial charge in [-0.05, 0) is 18.9 Å². The highest BCUT2D eigenvalue weighted by Gasteiger charge is 2.28. The van der Waals surface area contributed by atoms with Gasteiger partial charge in [0.15, 0.2) is 0 Å². The summed E-state index contributed by atoms with van der Waals surface area (Å²) in [4.78, 5) is 17.2. The first-order valence-corrected chi connectivity index (χ1v) is 5.24. The molecule has 1 fully saturated rings. The van der Waals surface area contributed by atoms with E-state index in [1.165, 1.54) is 12.3 Å². The number of carbonyl (C=O) groups excluding carboxylic acids is 1. The Balaban J connectivity index is 2.18. The molecule has 2 rings (SSSR count). The molecule has 1 aliphatic rings. The summed E-state index contributed by atoms with van der Waals surface area (Å²) in [7, 11) is 0. The molecule has 1 aromatic rings. The van der Waals surface area contributed by atoms with Crippen molar-refractivity contribution in [2.24, 2.45) is 0 Å². The number of hydrogen-bond donors (Lipinski definition) is 1. The third-order valence-electron chi connectivity index (χ3n) is 2.80. The average molecular weight is 224 g/mol. The molecule has 1 saturated heterocycles. The molecule has 0 unspecified atom stereocenters. The van der Waals surface area contributed by atoms with Gasteiger partial charge in [0.2, 0.25) is 0 Å². The van der Waals surface area contributed by atoms with Crippen LogP contribution in [0.4, 0.5) is 4.39 Å². The van der Waals surface area contributed by atoms with Gasteiger partial charge >= 0.3 is 0 Å². The molecule has 1 N–H and O–H groups in total. The second kappa shape index (κ2) is 4.57. The van der Waals surface area contributed by atoms with Crippen LogP contribution in [-0.2, 0) is 0 Å². The van der Waals surface area contributed by atoms with Gasteiger partial charge in [-0.2, -0.15) is 0 Å². The number of nitrogens with zero attached hydrogens (tertiary/aromatic N) is 2. The molecule has 1 aromatic heterocycles. The predicted molar refractivity (Wildman–Crippen MR) is 55.3 cm³/mol. The summed E-state index contributed by atoms with van der Waals surface area (Å²) in [6.07, 6.45) is 4.08.